The van der Waals surface area contributed by atoms with Crippen molar-refractivity contribution < 1.29 is 4.74 Å². The van der Waals surface area contributed by atoms with Crippen LogP contribution in [0.3, 0.4) is 0 Å². The molecule has 0 aromatic heterocycles. The van der Waals surface area contributed by atoms with Crippen LogP contribution in [0.4, 0.5) is 0 Å². The fraction of sp³-hybridized carbons (Fsp3) is 0.538. The smallest absolute Gasteiger partial charge is 0.0710 e. The molecule has 100 valence electrons. The number of hydrogen-bond acceptors (Lipinski definition) is 3. The van der Waals surface area contributed by atoms with Gasteiger partial charge in [-0.3, -0.25) is 4.90 Å². The van der Waals surface area contributed by atoms with Gasteiger partial charge in [-0.1, -0.05) is 27.5 Å². The van der Waals surface area contributed by atoms with E-state index in [0.717, 1.165) is 34.6 Å². The van der Waals surface area contributed by atoms with E-state index in [0.29, 0.717) is 12.6 Å². The molecule has 1 aromatic rings. The van der Waals surface area contributed by atoms with Crippen LogP contribution >= 0.6 is 27.5 Å². The van der Waals surface area contributed by atoms with E-state index in [1.54, 1.807) is 7.11 Å². The SMILES string of the molecule is COC1CCN(C(CN)c2cc(Br)ccc2Cl)C1. The van der Waals surface area contributed by atoms with Crippen molar-refractivity contribution in [3.8, 4) is 0 Å². The van der Waals surface area contributed by atoms with E-state index in [-0.39, 0.29) is 6.04 Å². The monoisotopic (exact) mass is 332 g/mol. The molecule has 1 aliphatic heterocycles. The quantitative estimate of drug-likeness (QED) is 0.921. The summed E-state index contributed by atoms with van der Waals surface area (Å²) in [6, 6.07) is 6.07. The summed E-state index contributed by atoms with van der Waals surface area (Å²) in [6.45, 7) is 2.48. The zero-order valence-electron chi connectivity index (χ0n) is 10.4. The molecule has 0 radical (unpaired) electrons. The van der Waals surface area contributed by atoms with Crippen molar-refractivity contribution in [2.45, 2.75) is 18.6 Å². The first kappa shape index (κ1) is 14.3. The summed E-state index contributed by atoms with van der Waals surface area (Å²) in [5.74, 6) is 0. The van der Waals surface area contributed by atoms with Crippen LogP contribution in [-0.4, -0.2) is 37.7 Å². The maximum atomic E-state index is 6.28. The molecule has 1 saturated heterocycles. The van der Waals surface area contributed by atoms with E-state index in [9.17, 15) is 0 Å². The average Bonchev–Trinajstić information content (AvgIpc) is 2.83. The van der Waals surface area contributed by atoms with Gasteiger partial charge in [0.2, 0.25) is 0 Å². The van der Waals surface area contributed by atoms with Gasteiger partial charge in [0.05, 0.1) is 6.10 Å². The van der Waals surface area contributed by atoms with Crippen molar-refractivity contribution in [2.75, 3.05) is 26.7 Å². The summed E-state index contributed by atoms with van der Waals surface area (Å²) in [6.07, 6.45) is 1.36. The van der Waals surface area contributed by atoms with E-state index in [1.165, 1.54) is 0 Å². The van der Waals surface area contributed by atoms with Crippen molar-refractivity contribution in [2.24, 2.45) is 5.73 Å². The molecule has 0 aliphatic carbocycles. The number of nitrogens with zero attached hydrogens (tertiary/aromatic N) is 1. The molecule has 1 heterocycles. The summed E-state index contributed by atoms with van der Waals surface area (Å²) in [7, 11) is 1.76. The third-order valence-corrected chi connectivity index (χ3v) is 4.33. The largest absolute Gasteiger partial charge is 0.380 e. The van der Waals surface area contributed by atoms with Crippen LogP contribution in [0.15, 0.2) is 22.7 Å². The molecule has 0 spiro atoms. The van der Waals surface area contributed by atoms with Crippen LogP contribution in [0.25, 0.3) is 0 Å². The van der Waals surface area contributed by atoms with E-state index in [4.69, 9.17) is 22.1 Å². The van der Waals surface area contributed by atoms with Crippen LogP contribution in [0.1, 0.15) is 18.0 Å². The van der Waals surface area contributed by atoms with Gasteiger partial charge in [-0.2, -0.15) is 0 Å². The Labute approximate surface area is 121 Å². The summed E-state index contributed by atoms with van der Waals surface area (Å²) in [5, 5.41) is 0.773. The van der Waals surface area contributed by atoms with Crippen molar-refractivity contribution in [3.63, 3.8) is 0 Å². The van der Waals surface area contributed by atoms with Gasteiger partial charge in [-0.15, -0.1) is 0 Å². The maximum absolute atomic E-state index is 6.28. The standard InChI is InChI=1S/C13H18BrClN2O/c1-18-10-4-5-17(8-10)13(7-16)11-6-9(14)2-3-12(11)15/h2-3,6,10,13H,4-5,7-8,16H2,1H3. The number of rotatable bonds is 4. The Morgan fingerprint density at radius 3 is 3.00 bits per heavy atom. The molecule has 1 aromatic carbocycles. The van der Waals surface area contributed by atoms with E-state index in [1.807, 2.05) is 12.1 Å². The molecular weight excluding hydrogens is 316 g/mol. The van der Waals surface area contributed by atoms with E-state index < -0.39 is 0 Å². The minimum Gasteiger partial charge on any atom is -0.380 e. The molecule has 0 amide bonds. The Hall–Kier alpha value is -0.130. The molecule has 2 N–H and O–H groups in total. The molecule has 1 aliphatic rings. The number of benzene rings is 1. The number of nitrogens with two attached hydrogens (primary N) is 1. The lowest BCUT2D eigenvalue weighted by Crippen LogP contribution is -2.33. The number of ether oxygens (including phenoxy) is 1. The predicted octanol–water partition coefficient (Wildman–Crippen LogP) is 2.82. The second kappa shape index (κ2) is 6.35. The Balaban J connectivity index is 2.20. The van der Waals surface area contributed by atoms with Gasteiger partial charge in [0, 0.05) is 42.3 Å². The highest BCUT2D eigenvalue weighted by Crippen LogP contribution is 2.32. The molecule has 18 heavy (non-hydrogen) atoms. The van der Waals surface area contributed by atoms with Gasteiger partial charge in [-0.25, -0.2) is 0 Å². The normalized spacial score (nSPS) is 22.3. The zero-order valence-corrected chi connectivity index (χ0v) is 12.7. The van der Waals surface area contributed by atoms with Gasteiger partial charge in [-0.05, 0) is 30.2 Å². The fourth-order valence-corrected chi connectivity index (χ4v) is 3.09. The molecule has 5 heteroatoms. The Morgan fingerprint density at radius 1 is 1.61 bits per heavy atom. The third kappa shape index (κ3) is 3.06. The molecule has 2 rings (SSSR count). The molecule has 1 fully saturated rings. The summed E-state index contributed by atoms with van der Waals surface area (Å²) < 4.78 is 6.43. The van der Waals surface area contributed by atoms with Gasteiger partial charge < -0.3 is 10.5 Å². The Kier molecular flexibility index (Phi) is 5.04. The maximum Gasteiger partial charge on any atom is 0.0710 e. The molecular formula is C13H18BrClN2O. The number of halogens is 2. The summed E-state index contributed by atoms with van der Waals surface area (Å²) in [5.41, 5.74) is 7.02. The fourth-order valence-electron chi connectivity index (χ4n) is 2.47. The second-order valence-corrected chi connectivity index (χ2v) is 5.88. The first-order valence-electron chi connectivity index (χ1n) is 6.07. The summed E-state index contributed by atoms with van der Waals surface area (Å²) >= 11 is 9.77. The topological polar surface area (TPSA) is 38.5 Å². The van der Waals surface area contributed by atoms with E-state index in [2.05, 4.69) is 26.9 Å². The third-order valence-electron chi connectivity index (χ3n) is 3.49. The first-order valence-corrected chi connectivity index (χ1v) is 7.24. The number of hydrogen-bond donors (Lipinski definition) is 1. The lowest BCUT2D eigenvalue weighted by Gasteiger charge is -2.27. The molecule has 3 nitrogen and oxygen atoms in total. The van der Waals surface area contributed by atoms with Crippen LogP contribution in [0.5, 0.6) is 0 Å². The predicted molar refractivity (Wildman–Crippen MR) is 77.9 cm³/mol. The highest BCUT2D eigenvalue weighted by atomic mass is 79.9. The highest BCUT2D eigenvalue weighted by Gasteiger charge is 2.29. The van der Waals surface area contributed by atoms with Gasteiger partial charge >= 0.3 is 0 Å². The molecule has 2 atom stereocenters. The van der Waals surface area contributed by atoms with Crippen LogP contribution in [-0.2, 0) is 4.74 Å². The summed E-state index contributed by atoms with van der Waals surface area (Å²) in [4.78, 5) is 2.35. The lowest BCUT2D eigenvalue weighted by atomic mass is 10.1. The Morgan fingerprint density at radius 2 is 2.39 bits per heavy atom. The zero-order chi connectivity index (χ0) is 13.1. The first-order chi connectivity index (χ1) is 8.65. The number of likely N-dealkylation sites (tertiary alicyclic amines) is 1. The number of methoxy groups -OCH3 is 1. The average molecular weight is 334 g/mol. The van der Waals surface area contributed by atoms with Crippen LogP contribution < -0.4 is 5.73 Å². The van der Waals surface area contributed by atoms with Gasteiger partial charge in [0.25, 0.3) is 0 Å². The molecule has 0 saturated carbocycles. The van der Waals surface area contributed by atoms with Crippen LogP contribution in [0.2, 0.25) is 5.02 Å². The van der Waals surface area contributed by atoms with Crippen molar-refractivity contribution in [3.05, 3.63) is 33.3 Å². The minimum absolute atomic E-state index is 0.162. The minimum atomic E-state index is 0.162. The second-order valence-electron chi connectivity index (χ2n) is 4.56. The van der Waals surface area contributed by atoms with Crippen molar-refractivity contribution in [1.82, 2.24) is 4.90 Å². The van der Waals surface area contributed by atoms with Crippen molar-refractivity contribution in [1.29, 1.82) is 0 Å². The van der Waals surface area contributed by atoms with Crippen LogP contribution in [0, 0.1) is 0 Å². The Bertz CT molecular complexity index is 416. The van der Waals surface area contributed by atoms with E-state index >= 15 is 0 Å². The molecule has 2 unspecified atom stereocenters. The lowest BCUT2D eigenvalue weighted by molar-refractivity contribution is 0.101. The van der Waals surface area contributed by atoms with Crippen molar-refractivity contribution >= 4 is 27.5 Å². The van der Waals surface area contributed by atoms with Gasteiger partial charge in [0.1, 0.15) is 0 Å². The molecule has 0 bridgehead atoms. The van der Waals surface area contributed by atoms with Gasteiger partial charge in [0.15, 0.2) is 0 Å². The highest BCUT2D eigenvalue weighted by molar-refractivity contribution is 9.10.